The Balaban J connectivity index is 1.22. The Kier molecular flexibility index (Phi) is 8.63. The summed E-state index contributed by atoms with van der Waals surface area (Å²) >= 11 is 0. The minimum Gasteiger partial charge on any atom is -0.491 e. The van der Waals surface area contributed by atoms with Gasteiger partial charge in [-0.1, -0.05) is 43.2 Å². The Hall–Kier alpha value is -3.54. The van der Waals surface area contributed by atoms with Crippen molar-refractivity contribution in [1.29, 1.82) is 0 Å². The first-order valence-corrected chi connectivity index (χ1v) is 14.8. The number of aryl methyl sites for hydroxylation is 3. The predicted octanol–water partition coefficient (Wildman–Crippen LogP) is 6.03. The van der Waals surface area contributed by atoms with Crippen molar-refractivity contribution in [3.63, 3.8) is 0 Å². The van der Waals surface area contributed by atoms with E-state index >= 15 is 0 Å². The molecule has 2 amide bonds. The monoisotopic (exact) mass is 541 g/mol. The quantitative estimate of drug-likeness (QED) is 0.407. The number of rotatable bonds is 3. The number of para-hydroxylation sites is 1. The van der Waals surface area contributed by atoms with Crippen LogP contribution in [0, 0.1) is 19.3 Å². The highest BCUT2D eigenvalue weighted by Crippen LogP contribution is 2.39. The van der Waals surface area contributed by atoms with Crippen molar-refractivity contribution in [2.45, 2.75) is 65.3 Å². The number of amides is 2. The second-order valence-electron chi connectivity index (χ2n) is 11.7. The number of hydrogen-bond donors (Lipinski definition) is 0. The lowest BCUT2D eigenvalue weighted by Crippen LogP contribution is -2.51. The number of fused-ring (bicyclic) bond motifs is 1. The van der Waals surface area contributed by atoms with Gasteiger partial charge in [-0.3, -0.25) is 9.59 Å². The van der Waals surface area contributed by atoms with Gasteiger partial charge in [0.25, 0.3) is 5.91 Å². The maximum atomic E-state index is 13.8. The van der Waals surface area contributed by atoms with Crippen LogP contribution in [0.3, 0.4) is 0 Å². The van der Waals surface area contributed by atoms with Crippen molar-refractivity contribution in [3.8, 4) is 5.75 Å². The first-order chi connectivity index (χ1) is 19.4. The fraction of sp³-hybridized carbons (Fsp3) is 0.471. The first kappa shape index (κ1) is 28.0. The molecule has 6 nitrogen and oxygen atoms in total. The van der Waals surface area contributed by atoms with Gasteiger partial charge in [0.2, 0.25) is 5.91 Å². The summed E-state index contributed by atoms with van der Waals surface area (Å²) in [5.41, 5.74) is 5.22. The van der Waals surface area contributed by atoms with Crippen molar-refractivity contribution in [2.24, 2.45) is 5.41 Å². The maximum absolute atomic E-state index is 13.8. The second-order valence-corrected chi connectivity index (χ2v) is 11.7. The molecule has 40 heavy (non-hydrogen) atoms. The molecule has 6 heteroatoms. The van der Waals surface area contributed by atoms with Crippen LogP contribution in [0.1, 0.15) is 71.4 Å². The number of ether oxygens (including phenoxy) is 1. The lowest BCUT2D eigenvalue weighted by Gasteiger charge is -2.42. The summed E-state index contributed by atoms with van der Waals surface area (Å²) in [6.07, 6.45) is 6.51. The molecule has 3 heterocycles. The van der Waals surface area contributed by atoms with Crippen LogP contribution in [-0.2, 0) is 17.8 Å². The molecule has 0 unspecified atom stereocenters. The van der Waals surface area contributed by atoms with Gasteiger partial charge in [-0.05, 0) is 87.4 Å². The van der Waals surface area contributed by atoms with Gasteiger partial charge in [0.05, 0.1) is 12.0 Å². The summed E-state index contributed by atoms with van der Waals surface area (Å²) in [4.78, 5) is 31.0. The van der Waals surface area contributed by atoms with Gasteiger partial charge in [0, 0.05) is 43.6 Å². The topological polar surface area (TPSA) is 54.8 Å². The van der Waals surface area contributed by atoms with Gasteiger partial charge < -0.3 is 19.1 Å². The number of benzene rings is 2. The zero-order chi connectivity index (χ0) is 28.1. The summed E-state index contributed by atoms with van der Waals surface area (Å²) < 4.78 is 8.38. The van der Waals surface area contributed by atoms with Crippen LogP contribution in [0.4, 0.5) is 0 Å². The third-order valence-corrected chi connectivity index (χ3v) is 9.03. The fourth-order valence-electron chi connectivity index (χ4n) is 6.38. The number of likely N-dealkylation sites (tertiary alicyclic amines) is 1. The third kappa shape index (κ3) is 6.11. The molecule has 0 N–H and O–H groups in total. The van der Waals surface area contributed by atoms with Crippen LogP contribution in [0.5, 0.6) is 5.75 Å². The molecule has 1 saturated heterocycles. The molecule has 3 aromatic rings. The number of aromatic nitrogens is 1. The molecule has 2 aliphatic heterocycles. The van der Waals surface area contributed by atoms with Crippen LogP contribution in [-0.4, -0.2) is 59.5 Å². The van der Waals surface area contributed by atoms with Crippen LogP contribution < -0.4 is 4.74 Å². The van der Waals surface area contributed by atoms with E-state index in [0.717, 1.165) is 50.0 Å². The number of likely N-dealkylation sites (N-methyl/N-ethyl adjacent to an activating group) is 1. The van der Waals surface area contributed by atoms with Crippen LogP contribution >= 0.6 is 0 Å². The van der Waals surface area contributed by atoms with E-state index in [4.69, 9.17) is 4.74 Å². The average molecular weight is 542 g/mol. The van der Waals surface area contributed by atoms with Gasteiger partial charge in [0.1, 0.15) is 12.4 Å². The van der Waals surface area contributed by atoms with Gasteiger partial charge in [-0.2, -0.15) is 0 Å². The van der Waals surface area contributed by atoms with Crippen molar-refractivity contribution < 1.29 is 14.3 Å². The average Bonchev–Trinajstić information content (AvgIpc) is 3.29. The Morgan fingerprint density at radius 1 is 0.850 bits per heavy atom. The Morgan fingerprint density at radius 3 is 2.27 bits per heavy atom. The molecule has 0 radical (unpaired) electrons. The summed E-state index contributed by atoms with van der Waals surface area (Å²) in [6, 6.07) is 20.6. The largest absolute Gasteiger partial charge is 0.491 e. The number of carbonyl (C=O) groups is 2. The molecule has 2 aliphatic rings. The van der Waals surface area contributed by atoms with E-state index in [1.54, 1.807) is 0 Å². The Morgan fingerprint density at radius 2 is 1.55 bits per heavy atom. The fourth-order valence-corrected chi connectivity index (χ4v) is 6.38. The summed E-state index contributed by atoms with van der Waals surface area (Å²) in [5.74, 6) is 1.20. The highest BCUT2D eigenvalue weighted by atomic mass is 16.5. The summed E-state index contributed by atoms with van der Waals surface area (Å²) in [7, 11) is 1.90. The van der Waals surface area contributed by atoms with E-state index in [-0.39, 0.29) is 11.8 Å². The van der Waals surface area contributed by atoms with E-state index in [1.165, 1.54) is 22.5 Å². The number of piperidine rings is 1. The number of hydrogen-bond acceptors (Lipinski definition) is 3. The second kappa shape index (κ2) is 12.3. The molecular weight excluding hydrogens is 498 g/mol. The van der Waals surface area contributed by atoms with Crippen molar-refractivity contribution >= 4 is 11.8 Å². The minimum atomic E-state index is -0.400. The van der Waals surface area contributed by atoms with Gasteiger partial charge in [-0.25, -0.2) is 0 Å². The Bertz CT molecular complexity index is 1300. The molecule has 212 valence electrons. The van der Waals surface area contributed by atoms with Gasteiger partial charge >= 0.3 is 0 Å². The standard InChI is InChI=1S/C34H43N3O3/c1-26-12-13-27(2)37(26)25-28-14-16-30(17-15-28)32(38)36-21-19-34(20-22-36)18-8-4-5-9-29-10-6-7-11-31(29)40-24-23-35(3)33(34)39/h6-7,10-17H,4-5,8-9,18-25H2,1-3H3. The van der Waals surface area contributed by atoms with Crippen molar-refractivity contribution in [3.05, 3.63) is 88.7 Å². The number of nitrogens with zero attached hydrogens (tertiary/aromatic N) is 3. The smallest absolute Gasteiger partial charge is 0.253 e. The van der Waals surface area contributed by atoms with Crippen LogP contribution in [0.15, 0.2) is 60.7 Å². The molecule has 2 aromatic carbocycles. The van der Waals surface area contributed by atoms with Crippen molar-refractivity contribution in [2.75, 3.05) is 33.3 Å². The Labute approximate surface area is 238 Å². The number of carbonyl (C=O) groups excluding carboxylic acids is 2. The first-order valence-electron chi connectivity index (χ1n) is 14.8. The molecular formula is C34H43N3O3. The van der Waals surface area contributed by atoms with E-state index in [2.05, 4.69) is 54.8 Å². The lowest BCUT2D eigenvalue weighted by molar-refractivity contribution is -0.144. The summed E-state index contributed by atoms with van der Waals surface area (Å²) in [6.45, 7) is 7.32. The normalized spacial score (nSPS) is 18.3. The third-order valence-electron chi connectivity index (χ3n) is 9.03. The van der Waals surface area contributed by atoms with E-state index in [9.17, 15) is 9.59 Å². The molecule has 0 bridgehead atoms. The van der Waals surface area contributed by atoms with Gasteiger partial charge in [-0.15, -0.1) is 0 Å². The highest BCUT2D eigenvalue weighted by Gasteiger charge is 2.43. The molecule has 0 aliphatic carbocycles. The molecule has 0 saturated carbocycles. The van der Waals surface area contributed by atoms with Crippen molar-refractivity contribution in [1.82, 2.24) is 14.4 Å². The van der Waals surface area contributed by atoms with E-state index in [0.29, 0.717) is 39.1 Å². The van der Waals surface area contributed by atoms with E-state index < -0.39 is 5.41 Å². The molecule has 1 fully saturated rings. The summed E-state index contributed by atoms with van der Waals surface area (Å²) in [5, 5.41) is 0. The zero-order valence-corrected chi connectivity index (χ0v) is 24.3. The van der Waals surface area contributed by atoms with Gasteiger partial charge in [0.15, 0.2) is 0 Å². The SMILES string of the molecule is Cc1ccc(C)n1Cc1ccc(C(=O)N2CCC3(CCCCCc4ccccc4OCCN(C)C3=O)CC2)cc1. The maximum Gasteiger partial charge on any atom is 0.253 e. The lowest BCUT2D eigenvalue weighted by atomic mass is 9.73. The predicted molar refractivity (Wildman–Crippen MR) is 159 cm³/mol. The van der Waals surface area contributed by atoms with E-state index in [1.807, 2.05) is 41.1 Å². The molecule has 5 rings (SSSR count). The molecule has 1 aromatic heterocycles. The molecule has 0 atom stereocenters. The zero-order valence-electron chi connectivity index (χ0n) is 24.3. The molecule has 1 spiro atoms. The minimum absolute atomic E-state index is 0.0614. The highest BCUT2D eigenvalue weighted by molar-refractivity contribution is 5.94. The van der Waals surface area contributed by atoms with Crippen LogP contribution in [0.25, 0.3) is 0 Å². The van der Waals surface area contributed by atoms with Crippen LogP contribution in [0.2, 0.25) is 0 Å².